The third kappa shape index (κ3) is 6.44. The number of hydrogen-bond acceptors (Lipinski definition) is 5. The van der Waals surface area contributed by atoms with Crippen molar-refractivity contribution in [2.45, 2.75) is 53.2 Å². The molecule has 0 unspecified atom stereocenters. The minimum atomic E-state index is -0.128. The van der Waals surface area contributed by atoms with Crippen molar-refractivity contribution in [2.24, 2.45) is 4.99 Å². The number of carbonyl (C=O) groups excluding carboxylic acids is 1. The number of hydrogen-bond donors (Lipinski definition) is 3. The molecule has 3 aromatic rings. The number of benzene rings is 1. The van der Waals surface area contributed by atoms with Crippen molar-refractivity contribution in [3.63, 3.8) is 0 Å². The van der Waals surface area contributed by atoms with Crippen LogP contribution >= 0.6 is 0 Å². The van der Waals surface area contributed by atoms with Gasteiger partial charge in [-0.3, -0.25) is 9.48 Å². The molecule has 0 aliphatic carbocycles. The summed E-state index contributed by atoms with van der Waals surface area (Å²) in [6, 6.07) is 9.48. The minimum Gasteiger partial charge on any atom is -0.361 e. The SMILES string of the molecule is CCNC(=NCc1cccc(NC(=O)Cn2cccn2)c1)NCc1c(CC)noc1CC. The lowest BCUT2D eigenvalue weighted by Gasteiger charge is -2.12. The van der Waals surface area contributed by atoms with Crippen molar-refractivity contribution >= 4 is 17.6 Å². The summed E-state index contributed by atoms with van der Waals surface area (Å²) < 4.78 is 7.03. The minimum absolute atomic E-state index is 0.128. The fraction of sp³-hybridized carbons (Fsp3) is 0.391. The van der Waals surface area contributed by atoms with Gasteiger partial charge in [-0.05, 0) is 37.1 Å². The Labute approximate surface area is 188 Å². The Morgan fingerprint density at radius 3 is 2.75 bits per heavy atom. The van der Waals surface area contributed by atoms with Crippen LogP contribution in [0, 0.1) is 0 Å². The predicted molar refractivity (Wildman–Crippen MR) is 124 cm³/mol. The first-order chi connectivity index (χ1) is 15.6. The van der Waals surface area contributed by atoms with Crippen LogP contribution in [0.4, 0.5) is 5.69 Å². The van der Waals surface area contributed by atoms with Gasteiger partial charge in [-0.15, -0.1) is 0 Å². The lowest BCUT2D eigenvalue weighted by atomic mass is 10.1. The van der Waals surface area contributed by atoms with Crippen LogP contribution in [0.3, 0.4) is 0 Å². The van der Waals surface area contributed by atoms with Crippen LogP contribution in [-0.4, -0.2) is 33.3 Å². The fourth-order valence-electron chi connectivity index (χ4n) is 3.31. The monoisotopic (exact) mass is 437 g/mol. The molecule has 0 aliphatic heterocycles. The van der Waals surface area contributed by atoms with E-state index in [0.717, 1.165) is 47.7 Å². The molecule has 2 heterocycles. The van der Waals surface area contributed by atoms with Gasteiger partial charge in [0.05, 0.1) is 12.2 Å². The second kappa shape index (κ2) is 11.7. The van der Waals surface area contributed by atoms with Crippen LogP contribution in [0.2, 0.25) is 0 Å². The summed E-state index contributed by atoms with van der Waals surface area (Å²) in [4.78, 5) is 16.9. The first kappa shape index (κ1) is 23.1. The van der Waals surface area contributed by atoms with Crippen molar-refractivity contribution in [1.82, 2.24) is 25.6 Å². The largest absolute Gasteiger partial charge is 0.361 e. The second-order valence-electron chi connectivity index (χ2n) is 7.24. The maximum absolute atomic E-state index is 12.2. The van der Waals surface area contributed by atoms with Crippen molar-refractivity contribution in [2.75, 3.05) is 11.9 Å². The van der Waals surface area contributed by atoms with E-state index in [1.165, 1.54) is 0 Å². The summed E-state index contributed by atoms with van der Waals surface area (Å²) in [5.41, 5.74) is 3.80. The van der Waals surface area contributed by atoms with Crippen LogP contribution in [-0.2, 0) is 37.3 Å². The number of nitrogens with zero attached hydrogens (tertiary/aromatic N) is 4. The van der Waals surface area contributed by atoms with Gasteiger partial charge < -0.3 is 20.5 Å². The fourth-order valence-corrected chi connectivity index (χ4v) is 3.31. The molecule has 32 heavy (non-hydrogen) atoms. The summed E-state index contributed by atoms with van der Waals surface area (Å²) >= 11 is 0. The third-order valence-electron chi connectivity index (χ3n) is 4.88. The van der Waals surface area contributed by atoms with E-state index in [9.17, 15) is 4.79 Å². The van der Waals surface area contributed by atoms with E-state index in [1.54, 1.807) is 23.1 Å². The molecule has 3 rings (SSSR count). The highest BCUT2D eigenvalue weighted by Gasteiger charge is 2.13. The Morgan fingerprint density at radius 2 is 2.03 bits per heavy atom. The molecular formula is C23H31N7O2. The summed E-state index contributed by atoms with van der Waals surface area (Å²) in [5.74, 6) is 1.49. The average molecular weight is 438 g/mol. The summed E-state index contributed by atoms with van der Waals surface area (Å²) in [6.07, 6.45) is 5.03. The molecule has 1 amide bonds. The maximum Gasteiger partial charge on any atom is 0.246 e. The molecule has 0 radical (unpaired) electrons. The summed E-state index contributed by atoms with van der Waals surface area (Å²) in [6.45, 7) is 8.16. The van der Waals surface area contributed by atoms with E-state index < -0.39 is 0 Å². The number of amides is 1. The smallest absolute Gasteiger partial charge is 0.246 e. The van der Waals surface area contributed by atoms with E-state index in [0.29, 0.717) is 19.0 Å². The van der Waals surface area contributed by atoms with Gasteiger partial charge in [0.1, 0.15) is 12.3 Å². The Bertz CT molecular complexity index is 1000. The highest BCUT2D eigenvalue weighted by Crippen LogP contribution is 2.15. The Morgan fingerprint density at radius 1 is 1.16 bits per heavy atom. The van der Waals surface area contributed by atoms with Gasteiger partial charge in [0.2, 0.25) is 5.91 Å². The molecule has 0 spiro atoms. The molecule has 0 saturated heterocycles. The molecule has 0 bridgehead atoms. The number of aryl methyl sites for hydroxylation is 2. The van der Waals surface area contributed by atoms with E-state index in [2.05, 4.69) is 40.1 Å². The first-order valence-corrected chi connectivity index (χ1v) is 11.0. The topological polar surface area (TPSA) is 109 Å². The number of nitrogens with one attached hydrogen (secondary N) is 3. The highest BCUT2D eigenvalue weighted by molar-refractivity contribution is 5.90. The van der Waals surface area contributed by atoms with Gasteiger partial charge >= 0.3 is 0 Å². The Hall–Kier alpha value is -3.62. The van der Waals surface area contributed by atoms with E-state index in [4.69, 9.17) is 9.52 Å². The van der Waals surface area contributed by atoms with E-state index in [-0.39, 0.29) is 12.5 Å². The summed E-state index contributed by atoms with van der Waals surface area (Å²) in [5, 5.41) is 17.8. The molecule has 2 aromatic heterocycles. The number of aliphatic imine (C=N–C) groups is 1. The zero-order valence-electron chi connectivity index (χ0n) is 18.9. The molecule has 3 N–H and O–H groups in total. The number of aromatic nitrogens is 3. The molecule has 0 atom stereocenters. The van der Waals surface area contributed by atoms with Crippen LogP contribution in [0.25, 0.3) is 0 Å². The van der Waals surface area contributed by atoms with Crippen LogP contribution in [0.1, 0.15) is 43.4 Å². The van der Waals surface area contributed by atoms with Gasteiger partial charge in [0, 0.05) is 43.2 Å². The van der Waals surface area contributed by atoms with Crippen LogP contribution in [0.5, 0.6) is 0 Å². The predicted octanol–water partition coefficient (Wildman–Crippen LogP) is 2.89. The van der Waals surface area contributed by atoms with E-state index in [1.807, 2.05) is 31.2 Å². The lowest BCUT2D eigenvalue weighted by Crippen LogP contribution is -2.37. The normalized spacial score (nSPS) is 11.4. The molecule has 9 heteroatoms. The number of guanidine groups is 1. The molecular weight excluding hydrogens is 406 g/mol. The Kier molecular flexibility index (Phi) is 8.42. The van der Waals surface area contributed by atoms with Gasteiger partial charge in [-0.1, -0.05) is 31.1 Å². The van der Waals surface area contributed by atoms with Gasteiger partial charge in [-0.25, -0.2) is 4.99 Å². The zero-order chi connectivity index (χ0) is 22.8. The zero-order valence-corrected chi connectivity index (χ0v) is 18.9. The highest BCUT2D eigenvalue weighted by atomic mass is 16.5. The standard InChI is InChI=1S/C23H31N7O2/c1-4-20-19(21(5-2)32-29-20)15-26-23(24-6-3)25-14-17-9-7-10-18(13-17)28-22(31)16-30-12-8-11-27-30/h7-13H,4-6,14-16H2,1-3H3,(H,28,31)(H2,24,25,26). The van der Waals surface area contributed by atoms with Crippen molar-refractivity contribution in [1.29, 1.82) is 0 Å². The van der Waals surface area contributed by atoms with Crippen molar-refractivity contribution in [3.05, 3.63) is 65.3 Å². The lowest BCUT2D eigenvalue weighted by molar-refractivity contribution is -0.116. The molecule has 1 aromatic carbocycles. The molecule has 0 saturated carbocycles. The number of carbonyl (C=O) groups is 1. The Balaban J connectivity index is 1.61. The van der Waals surface area contributed by atoms with Crippen molar-refractivity contribution in [3.8, 4) is 0 Å². The number of anilines is 1. The van der Waals surface area contributed by atoms with Gasteiger partial charge in [0.25, 0.3) is 0 Å². The molecule has 0 aliphatic rings. The molecule has 170 valence electrons. The number of rotatable bonds is 10. The van der Waals surface area contributed by atoms with Crippen molar-refractivity contribution < 1.29 is 9.32 Å². The van der Waals surface area contributed by atoms with Crippen LogP contribution < -0.4 is 16.0 Å². The summed E-state index contributed by atoms with van der Waals surface area (Å²) in [7, 11) is 0. The van der Waals surface area contributed by atoms with E-state index >= 15 is 0 Å². The third-order valence-corrected chi connectivity index (χ3v) is 4.88. The second-order valence-corrected chi connectivity index (χ2v) is 7.24. The molecule has 0 fully saturated rings. The average Bonchev–Trinajstić information content (AvgIpc) is 3.45. The molecule has 9 nitrogen and oxygen atoms in total. The maximum atomic E-state index is 12.2. The first-order valence-electron chi connectivity index (χ1n) is 11.0. The quantitative estimate of drug-likeness (QED) is 0.332. The van der Waals surface area contributed by atoms with Crippen LogP contribution in [0.15, 0.2) is 52.2 Å². The van der Waals surface area contributed by atoms with Gasteiger partial charge in [-0.2, -0.15) is 5.10 Å². The van der Waals surface area contributed by atoms with Gasteiger partial charge in [0.15, 0.2) is 5.96 Å².